The first-order valence-electron chi connectivity index (χ1n) is 9.64. The van der Waals surface area contributed by atoms with Crippen LogP contribution in [0, 0.1) is 5.82 Å². The van der Waals surface area contributed by atoms with Crippen LogP contribution in [0.25, 0.3) is 0 Å². The Balaban J connectivity index is 0.00000320. The Labute approximate surface area is 184 Å². The van der Waals surface area contributed by atoms with E-state index in [1.54, 1.807) is 0 Å². The molecule has 0 atom stereocenters. The van der Waals surface area contributed by atoms with E-state index in [0.717, 1.165) is 30.2 Å². The van der Waals surface area contributed by atoms with Gasteiger partial charge in [-0.3, -0.25) is 0 Å². The fourth-order valence-electron chi connectivity index (χ4n) is 3.10. The summed E-state index contributed by atoms with van der Waals surface area (Å²) in [6, 6.07) is 12.4. The lowest BCUT2D eigenvalue weighted by atomic mass is 10.1. The van der Waals surface area contributed by atoms with Gasteiger partial charge in [0.1, 0.15) is 30.0 Å². The second kappa shape index (κ2) is 10.9. The first kappa shape index (κ1) is 24.4. The van der Waals surface area contributed by atoms with E-state index >= 15 is 0 Å². The van der Waals surface area contributed by atoms with Gasteiger partial charge >= 0.3 is 0 Å². The van der Waals surface area contributed by atoms with E-state index < -0.39 is 15.8 Å². The minimum atomic E-state index is -3.60. The normalized spacial score (nSPS) is 15.6. The third-order valence-electron chi connectivity index (χ3n) is 4.79. The van der Waals surface area contributed by atoms with E-state index in [1.165, 1.54) is 16.4 Å². The van der Waals surface area contributed by atoms with Gasteiger partial charge in [-0.05, 0) is 75.5 Å². The van der Waals surface area contributed by atoms with E-state index in [4.69, 9.17) is 9.47 Å². The largest absolute Gasteiger partial charge is 0.492 e. The van der Waals surface area contributed by atoms with Gasteiger partial charge < -0.3 is 14.4 Å². The van der Waals surface area contributed by atoms with E-state index in [9.17, 15) is 12.8 Å². The van der Waals surface area contributed by atoms with Crippen molar-refractivity contribution in [1.29, 1.82) is 0 Å². The maximum absolute atomic E-state index is 13.1. The molecule has 6 nitrogen and oxygen atoms in total. The first-order chi connectivity index (χ1) is 13.8. The summed E-state index contributed by atoms with van der Waals surface area (Å²) in [5.41, 5.74) is 0. The molecule has 0 bridgehead atoms. The van der Waals surface area contributed by atoms with Crippen molar-refractivity contribution < 1.29 is 22.3 Å². The molecule has 0 unspecified atom stereocenters. The average molecular weight is 459 g/mol. The number of ether oxygens (including phenoxy) is 2. The van der Waals surface area contributed by atoms with Crippen molar-refractivity contribution in [2.45, 2.75) is 23.8 Å². The van der Waals surface area contributed by atoms with Gasteiger partial charge in [0.2, 0.25) is 10.0 Å². The van der Waals surface area contributed by atoms with Gasteiger partial charge in [0, 0.05) is 19.6 Å². The van der Waals surface area contributed by atoms with Crippen molar-refractivity contribution >= 4 is 22.4 Å². The molecule has 1 heterocycles. The highest BCUT2D eigenvalue weighted by Crippen LogP contribution is 2.25. The molecule has 0 radical (unpaired) electrons. The Morgan fingerprint density at radius 3 is 2.13 bits per heavy atom. The maximum atomic E-state index is 13.1. The highest BCUT2D eigenvalue weighted by atomic mass is 35.5. The number of halogens is 2. The minimum Gasteiger partial charge on any atom is -0.492 e. The number of hydrogen-bond acceptors (Lipinski definition) is 5. The maximum Gasteiger partial charge on any atom is 0.243 e. The monoisotopic (exact) mass is 458 g/mol. The molecule has 1 aliphatic rings. The molecule has 3 rings (SSSR count). The molecular weight excluding hydrogens is 431 g/mol. The fraction of sp³-hybridized carbons (Fsp3) is 0.429. The number of likely N-dealkylation sites (N-methyl/N-ethyl adjacent to an activating group) is 1. The number of nitrogens with zero attached hydrogens (tertiary/aromatic N) is 2. The molecule has 0 spiro atoms. The number of rotatable bonds is 8. The standard InChI is InChI=1S/C21H27FN2O4S.ClH/c1-23(2)15-16-27-18-5-7-19(8-6-18)28-20-11-13-24(14-12-20)29(25,26)21-9-3-17(22)4-10-21;/h3-10,20H,11-16H2,1-2H3;1H. The molecule has 0 N–H and O–H groups in total. The quantitative estimate of drug-likeness (QED) is 0.606. The Kier molecular flexibility index (Phi) is 8.91. The van der Waals surface area contributed by atoms with Crippen LogP contribution >= 0.6 is 12.4 Å². The van der Waals surface area contributed by atoms with Gasteiger partial charge in [-0.15, -0.1) is 12.4 Å². The van der Waals surface area contributed by atoms with Crippen molar-refractivity contribution in [3.63, 3.8) is 0 Å². The van der Waals surface area contributed by atoms with Gasteiger partial charge in [0.05, 0.1) is 4.90 Å². The van der Waals surface area contributed by atoms with Crippen LogP contribution in [0.1, 0.15) is 12.8 Å². The number of hydrogen-bond donors (Lipinski definition) is 0. The lowest BCUT2D eigenvalue weighted by Crippen LogP contribution is -2.41. The SMILES string of the molecule is CN(C)CCOc1ccc(OC2CCN(S(=O)(=O)c3ccc(F)cc3)CC2)cc1.Cl. The Morgan fingerprint density at radius 2 is 1.57 bits per heavy atom. The molecule has 30 heavy (non-hydrogen) atoms. The van der Waals surface area contributed by atoms with E-state index in [1.807, 2.05) is 38.4 Å². The summed E-state index contributed by atoms with van der Waals surface area (Å²) in [6.07, 6.45) is 1.15. The molecule has 0 saturated carbocycles. The summed E-state index contributed by atoms with van der Waals surface area (Å²) >= 11 is 0. The second-order valence-corrected chi connectivity index (χ2v) is 9.24. The average Bonchev–Trinajstić information content (AvgIpc) is 2.70. The van der Waals surface area contributed by atoms with Gasteiger partial charge in [-0.1, -0.05) is 0 Å². The van der Waals surface area contributed by atoms with Crippen molar-refractivity contribution in [2.75, 3.05) is 40.3 Å². The number of benzene rings is 2. The van der Waals surface area contributed by atoms with Crippen LogP contribution < -0.4 is 9.47 Å². The first-order valence-corrected chi connectivity index (χ1v) is 11.1. The minimum absolute atomic E-state index is 0. The van der Waals surface area contributed by atoms with E-state index in [-0.39, 0.29) is 23.4 Å². The smallest absolute Gasteiger partial charge is 0.243 e. The molecule has 0 aromatic heterocycles. The van der Waals surface area contributed by atoms with Crippen molar-refractivity contribution in [1.82, 2.24) is 9.21 Å². The summed E-state index contributed by atoms with van der Waals surface area (Å²) in [5.74, 6) is 1.08. The van der Waals surface area contributed by atoms with Crippen LogP contribution in [0.3, 0.4) is 0 Å². The summed E-state index contributed by atoms with van der Waals surface area (Å²) in [5, 5.41) is 0. The highest BCUT2D eigenvalue weighted by Gasteiger charge is 2.30. The fourth-order valence-corrected chi connectivity index (χ4v) is 4.57. The van der Waals surface area contributed by atoms with Crippen molar-refractivity contribution in [3.05, 3.63) is 54.3 Å². The lowest BCUT2D eigenvalue weighted by Gasteiger charge is -2.31. The van der Waals surface area contributed by atoms with Crippen molar-refractivity contribution in [2.24, 2.45) is 0 Å². The van der Waals surface area contributed by atoms with Crippen LogP contribution in [0.4, 0.5) is 4.39 Å². The molecule has 2 aromatic carbocycles. The van der Waals surface area contributed by atoms with Gasteiger partial charge in [0.15, 0.2) is 0 Å². The van der Waals surface area contributed by atoms with Gasteiger partial charge in [-0.2, -0.15) is 4.31 Å². The number of sulfonamides is 1. The summed E-state index contributed by atoms with van der Waals surface area (Å²) in [4.78, 5) is 2.17. The summed E-state index contributed by atoms with van der Waals surface area (Å²) < 4.78 is 51.5. The van der Waals surface area contributed by atoms with Gasteiger partial charge in [0.25, 0.3) is 0 Å². The highest BCUT2D eigenvalue weighted by molar-refractivity contribution is 7.89. The Morgan fingerprint density at radius 1 is 1.00 bits per heavy atom. The molecule has 0 amide bonds. The summed E-state index contributed by atoms with van der Waals surface area (Å²) in [6.45, 7) is 2.21. The van der Waals surface area contributed by atoms with Crippen LogP contribution in [0.5, 0.6) is 11.5 Å². The van der Waals surface area contributed by atoms with Crippen molar-refractivity contribution in [3.8, 4) is 11.5 Å². The number of piperidine rings is 1. The summed E-state index contributed by atoms with van der Waals surface area (Å²) in [7, 11) is 0.388. The third-order valence-corrected chi connectivity index (χ3v) is 6.70. The topological polar surface area (TPSA) is 59.1 Å². The van der Waals surface area contributed by atoms with Crippen LogP contribution in [-0.2, 0) is 10.0 Å². The molecule has 166 valence electrons. The lowest BCUT2D eigenvalue weighted by molar-refractivity contribution is 0.135. The molecular formula is C21H28ClFN2O4S. The third kappa shape index (κ3) is 6.57. The molecule has 1 saturated heterocycles. The van der Waals surface area contributed by atoms with Crippen LogP contribution in [-0.4, -0.2) is 64.1 Å². The zero-order chi connectivity index (χ0) is 20.9. The van der Waals surface area contributed by atoms with Gasteiger partial charge in [-0.25, -0.2) is 12.8 Å². The van der Waals surface area contributed by atoms with Crippen LogP contribution in [0.15, 0.2) is 53.4 Å². The second-order valence-electron chi connectivity index (χ2n) is 7.30. The molecule has 9 heteroatoms. The zero-order valence-corrected chi connectivity index (χ0v) is 18.8. The molecule has 1 aliphatic heterocycles. The predicted octanol–water partition coefficient (Wildman–Crippen LogP) is 3.42. The van der Waals surface area contributed by atoms with Crippen LogP contribution in [0.2, 0.25) is 0 Å². The predicted molar refractivity (Wildman–Crippen MR) is 117 cm³/mol. The van der Waals surface area contributed by atoms with E-state index in [0.29, 0.717) is 32.5 Å². The molecule has 0 aliphatic carbocycles. The zero-order valence-electron chi connectivity index (χ0n) is 17.2. The molecule has 2 aromatic rings. The molecule has 1 fully saturated rings. The Hall–Kier alpha value is -1.87. The Bertz CT molecular complexity index is 884. The van der Waals surface area contributed by atoms with E-state index in [2.05, 4.69) is 4.90 Å².